The summed E-state index contributed by atoms with van der Waals surface area (Å²) in [6.07, 6.45) is -0.275. The quantitative estimate of drug-likeness (QED) is 0.423. The van der Waals surface area contributed by atoms with E-state index in [0.29, 0.717) is 12.4 Å². The topological polar surface area (TPSA) is 56.5 Å². The number of aryl methyl sites for hydroxylation is 2. The lowest BCUT2D eigenvalue weighted by Crippen LogP contribution is -2.37. The third kappa shape index (κ3) is 8.24. The maximum Gasteiger partial charge on any atom is 0.430 e. The third-order valence-corrected chi connectivity index (χ3v) is 3.53. The van der Waals surface area contributed by atoms with Crippen LogP contribution in [0.25, 0.3) is 0 Å². The molecule has 0 fully saturated rings. The van der Waals surface area contributed by atoms with Crippen molar-refractivity contribution in [3.05, 3.63) is 54.1 Å². The van der Waals surface area contributed by atoms with E-state index in [1.54, 1.807) is 6.07 Å². The molecule has 154 valence electrons. The van der Waals surface area contributed by atoms with Crippen molar-refractivity contribution in [1.29, 1.82) is 0 Å². The first-order valence-electron chi connectivity index (χ1n) is 8.34. The van der Waals surface area contributed by atoms with E-state index < -0.39 is 12.1 Å². The highest BCUT2D eigenvalue weighted by atomic mass is 19.4. The molecule has 1 aromatic heterocycles. The molecule has 1 heterocycles. The number of hydrogen-bond donors (Lipinski definition) is 0. The third-order valence-electron chi connectivity index (χ3n) is 3.53. The number of ether oxygens (including phenoxy) is 1. The fourth-order valence-electron chi connectivity index (χ4n) is 2.05. The molecule has 0 bridgehead atoms. The predicted octanol–water partition coefficient (Wildman–Crippen LogP) is 2.26. The number of benzene rings is 1. The van der Waals surface area contributed by atoms with Crippen LogP contribution in [0.1, 0.15) is 12.0 Å². The number of hydrogen-bond acceptors (Lipinski definition) is 4. The van der Waals surface area contributed by atoms with Gasteiger partial charge in [0.15, 0.2) is 30.5 Å². The second kappa shape index (κ2) is 10.5. The van der Waals surface area contributed by atoms with Crippen molar-refractivity contribution in [2.75, 3.05) is 25.6 Å². The normalized spacial score (nSPS) is 10.7. The van der Waals surface area contributed by atoms with Gasteiger partial charge in [0.2, 0.25) is 0 Å². The van der Waals surface area contributed by atoms with E-state index in [9.17, 15) is 17.6 Å². The van der Waals surface area contributed by atoms with Crippen LogP contribution in [0.2, 0.25) is 0 Å². The van der Waals surface area contributed by atoms with Crippen LogP contribution >= 0.6 is 0 Å². The summed E-state index contributed by atoms with van der Waals surface area (Å²) in [6, 6.07) is 9.17. The summed E-state index contributed by atoms with van der Waals surface area (Å²) in [4.78, 5) is 10.8. The van der Waals surface area contributed by atoms with Crippen LogP contribution in [0, 0.1) is 12.7 Å². The molecular weight excluding hydrogens is 380 g/mol. The largest absolute Gasteiger partial charge is 0.542 e. The van der Waals surface area contributed by atoms with Crippen LogP contribution in [-0.2, 0) is 11.3 Å². The first-order chi connectivity index (χ1) is 13.0. The molecule has 0 radical (unpaired) electrons. The number of halogens is 4. The van der Waals surface area contributed by atoms with Crippen molar-refractivity contribution in [1.82, 2.24) is 0 Å². The highest BCUT2D eigenvalue weighted by Gasteiger charge is 2.28. The van der Waals surface area contributed by atoms with Crippen LogP contribution in [0.4, 0.5) is 23.2 Å². The van der Waals surface area contributed by atoms with E-state index in [-0.39, 0.29) is 5.82 Å². The number of rotatable bonds is 6. The molecule has 0 aliphatic carbocycles. The number of anilines is 1. The van der Waals surface area contributed by atoms with E-state index in [1.165, 1.54) is 11.8 Å². The summed E-state index contributed by atoms with van der Waals surface area (Å²) in [6.45, 7) is 3.21. The molecule has 9 heteroatoms. The zero-order valence-electron chi connectivity index (χ0n) is 15.8. The molecule has 0 saturated carbocycles. The van der Waals surface area contributed by atoms with Crippen molar-refractivity contribution < 1.29 is 36.8 Å². The van der Waals surface area contributed by atoms with Gasteiger partial charge in [-0.25, -0.2) is 8.96 Å². The molecule has 0 aliphatic rings. The smallest absolute Gasteiger partial charge is 0.430 e. The first kappa shape index (κ1) is 23.2. The number of nitrogens with zero attached hydrogens (tertiary/aromatic N) is 2. The molecule has 0 unspecified atom stereocenters. The minimum Gasteiger partial charge on any atom is -0.542 e. The Bertz CT molecular complexity index is 763. The van der Waals surface area contributed by atoms with Crippen LogP contribution in [0.3, 0.4) is 0 Å². The summed E-state index contributed by atoms with van der Waals surface area (Å²) < 4.78 is 52.7. The van der Waals surface area contributed by atoms with E-state index in [0.717, 1.165) is 18.5 Å². The van der Waals surface area contributed by atoms with Gasteiger partial charge in [-0.3, -0.25) is 0 Å². The summed E-state index contributed by atoms with van der Waals surface area (Å²) >= 11 is 0. The van der Waals surface area contributed by atoms with Crippen molar-refractivity contribution in [3.8, 4) is 5.75 Å². The first-order valence-corrected chi connectivity index (χ1v) is 8.34. The van der Waals surface area contributed by atoms with Gasteiger partial charge < -0.3 is 19.5 Å². The number of aromatic nitrogens is 1. The van der Waals surface area contributed by atoms with E-state index in [2.05, 4.69) is 21.6 Å². The van der Waals surface area contributed by atoms with Crippen molar-refractivity contribution >= 4 is 11.7 Å². The van der Waals surface area contributed by atoms with Gasteiger partial charge in [0.1, 0.15) is 5.97 Å². The fraction of sp³-hybridized carbons (Fsp3) is 0.368. The van der Waals surface area contributed by atoms with E-state index in [4.69, 9.17) is 14.6 Å². The standard InChI is InChI=1S/C17H22FN2O.C2HF3O2/c1-14-5-6-17(16(18)13-14)21-12-4-9-20-10-7-15(8-11-20)19(2)3;3-2(4,5)1(6)7/h5-8,10-11,13H,4,9,12H2,1-3H3;(H,6,7)/q+1;/p-1. The molecule has 5 nitrogen and oxygen atoms in total. The maximum absolute atomic E-state index is 13.6. The highest BCUT2D eigenvalue weighted by Crippen LogP contribution is 2.18. The van der Waals surface area contributed by atoms with Crippen molar-refractivity contribution in [2.45, 2.75) is 26.1 Å². The molecular formula is C19H22F4N2O3. The number of pyridine rings is 1. The number of carboxylic acids is 1. The number of alkyl halides is 3. The zero-order chi connectivity index (χ0) is 21.3. The van der Waals surface area contributed by atoms with Crippen LogP contribution in [-0.4, -0.2) is 32.8 Å². The average molecular weight is 402 g/mol. The fourth-order valence-corrected chi connectivity index (χ4v) is 2.05. The highest BCUT2D eigenvalue weighted by molar-refractivity contribution is 5.70. The van der Waals surface area contributed by atoms with Crippen LogP contribution in [0.5, 0.6) is 5.75 Å². The zero-order valence-corrected chi connectivity index (χ0v) is 15.8. The summed E-state index contributed by atoms with van der Waals surface area (Å²) in [5, 5.41) is 8.78. The molecule has 0 amide bonds. The number of carboxylic acid groups (broad SMARTS) is 1. The van der Waals surface area contributed by atoms with Crippen LogP contribution in [0.15, 0.2) is 42.7 Å². The molecule has 2 aromatic rings. The predicted molar refractivity (Wildman–Crippen MR) is 93.3 cm³/mol. The Morgan fingerprint density at radius 3 is 2.21 bits per heavy atom. The van der Waals surface area contributed by atoms with Crippen molar-refractivity contribution in [3.63, 3.8) is 0 Å². The number of carbonyl (C=O) groups is 1. The van der Waals surface area contributed by atoms with Gasteiger partial charge in [0.05, 0.1) is 6.61 Å². The monoisotopic (exact) mass is 402 g/mol. The lowest BCUT2D eigenvalue weighted by atomic mass is 10.2. The Morgan fingerprint density at radius 2 is 1.75 bits per heavy atom. The van der Waals surface area contributed by atoms with E-state index >= 15 is 0 Å². The molecule has 28 heavy (non-hydrogen) atoms. The lowest BCUT2D eigenvalue weighted by Gasteiger charge is -2.10. The van der Waals surface area contributed by atoms with Gasteiger partial charge in [-0.1, -0.05) is 6.07 Å². The van der Waals surface area contributed by atoms with E-state index in [1.807, 2.05) is 39.5 Å². The molecule has 0 N–H and O–H groups in total. The minimum atomic E-state index is -5.19. The molecule has 0 aliphatic heterocycles. The van der Waals surface area contributed by atoms with Crippen LogP contribution < -0.4 is 19.3 Å². The van der Waals surface area contributed by atoms with Gasteiger partial charge >= 0.3 is 6.18 Å². The van der Waals surface area contributed by atoms with Gasteiger partial charge in [-0.15, -0.1) is 0 Å². The number of carbonyl (C=O) groups excluding carboxylic acids is 1. The minimum absolute atomic E-state index is 0.294. The Labute approximate surface area is 160 Å². The second-order valence-electron chi connectivity index (χ2n) is 6.11. The van der Waals surface area contributed by atoms with Gasteiger partial charge in [-0.05, 0) is 24.6 Å². The van der Waals surface area contributed by atoms with Crippen molar-refractivity contribution in [2.24, 2.45) is 0 Å². The van der Waals surface area contributed by atoms with Gasteiger partial charge in [-0.2, -0.15) is 13.2 Å². The average Bonchev–Trinajstić information content (AvgIpc) is 2.60. The Hall–Kier alpha value is -2.84. The lowest BCUT2D eigenvalue weighted by molar-refractivity contribution is -0.697. The SMILES string of the molecule is Cc1ccc(OCCC[n+]2ccc(N(C)C)cc2)c(F)c1.O=C([O-])C(F)(F)F. The Kier molecular flexibility index (Phi) is 8.69. The maximum atomic E-state index is 13.6. The molecule has 1 aromatic carbocycles. The molecule has 2 rings (SSSR count). The van der Waals surface area contributed by atoms with Gasteiger partial charge in [0, 0.05) is 38.3 Å². The molecule has 0 spiro atoms. The van der Waals surface area contributed by atoms with Gasteiger partial charge in [0.25, 0.3) is 0 Å². The Morgan fingerprint density at radius 1 is 1.18 bits per heavy atom. The Balaban J connectivity index is 0.000000480. The second-order valence-corrected chi connectivity index (χ2v) is 6.11. The molecule has 0 atom stereocenters. The summed E-state index contributed by atoms with van der Waals surface area (Å²) in [7, 11) is 4.03. The molecule has 0 saturated heterocycles. The summed E-state index contributed by atoms with van der Waals surface area (Å²) in [5.74, 6) is -2.97. The summed E-state index contributed by atoms with van der Waals surface area (Å²) in [5.41, 5.74) is 2.07. The number of aliphatic carboxylic acids is 1.